The van der Waals surface area contributed by atoms with Crippen LogP contribution in [0.3, 0.4) is 0 Å². The molecule has 2 heterocycles. The van der Waals surface area contributed by atoms with Crippen molar-refractivity contribution in [3.63, 3.8) is 0 Å². The molecule has 3 amide bonds. The zero-order valence-corrected chi connectivity index (χ0v) is 15.5. The molecular weight excluding hydrogens is 340 g/mol. The van der Waals surface area contributed by atoms with E-state index >= 15 is 0 Å². The number of thiazole rings is 1. The van der Waals surface area contributed by atoms with Gasteiger partial charge in [0, 0.05) is 32.2 Å². The van der Waals surface area contributed by atoms with Crippen LogP contribution in [0.2, 0.25) is 0 Å². The average molecular weight is 364 g/mol. The number of nitrogens with one attached hydrogen (secondary N) is 1. The molecule has 1 saturated heterocycles. The first kappa shape index (κ1) is 17.8. The summed E-state index contributed by atoms with van der Waals surface area (Å²) in [5.41, 5.74) is 0.778. The summed E-state index contributed by atoms with van der Waals surface area (Å²) in [5, 5.41) is 3.71. The van der Waals surface area contributed by atoms with E-state index in [0.717, 1.165) is 36.4 Å². The number of aromatic nitrogens is 1. The van der Waals surface area contributed by atoms with Crippen molar-refractivity contribution in [1.29, 1.82) is 0 Å². The zero-order chi connectivity index (χ0) is 18.0. The van der Waals surface area contributed by atoms with Crippen LogP contribution in [-0.2, 0) is 16.0 Å². The van der Waals surface area contributed by atoms with Crippen LogP contribution in [-0.4, -0.2) is 64.7 Å². The van der Waals surface area contributed by atoms with E-state index in [2.05, 4.69) is 17.2 Å². The van der Waals surface area contributed by atoms with Crippen LogP contribution in [0.25, 0.3) is 0 Å². The molecule has 3 rings (SSSR count). The molecule has 0 spiro atoms. The Morgan fingerprint density at radius 3 is 2.40 bits per heavy atom. The Kier molecular flexibility index (Phi) is 5.36. The highest BCUT2D eigenvalue weighted by atomic mass is 32.1. The first-order chi connectivity index (χ1) is 12.0. The van der Waals surface area contributed by atoms with Gasteiger partial charge in [-0.25, -0.2) is 4.98 Å². The Morgan fingerprint density at radius 2 is 1.80 bits per heavy atom. The van der Waals surface area contributed by atoms with E-state index in [0.29, 0.717) is 31.1 Å². The van der Waals surface area contributed by atoms with Crippen molar-refractivity contribution in [2.75, 3.05) is 26.2 Å². The lowest BCUT2D eigenvalue weighted by atomic mass is 10.2. The molecular formula is C17H24N4O3S. The van der Waals surface area contributed by atoms with Gasteiger partial charge in [-0.1, -0.05) is 6.92 Å². The number of aryl methyl sites for hydroxylation is 2. The monoisotopic (exact) mass is 364 g/mol. The lowest BCUT2D eigenvalue weighted by molar-refractivity contribution is -0.146. The van der Waals surface area contributed by atoms with Crippen molar-refractivity contribution in [2.24, 2.45) is 0 Å². The quantitative estimate of drug-likeness (QED) is 0.807. The molecule has 1 aliphatic heterocycles. The van der Waals surface area contributed by atoms with Gasteiger partial charge < -0.3 is 15.1 Å². The van der Waals surface area contributed by atoms with Crippen molar-refractivity contribution < 1.29 is 14.4 Å². The van der Waals surface area contributed by atoms with E-state index in [1.165, 1.54) is 16.2 Å². The molecule has 8 heteroatoms. The molecule has 0 bridgehead atoms. The van der Waals surface area contributed by atoms with Crippen molar-refractivity contribution in [2.45, 2.75) is 45.6 Å². The van der Waals surface area contributed by atoms with Crippen LogP contribution >= 0.6 is 11.3 Å². The summed E-state index contributed by atoms with van der Waals surface area (Å²) in [6, 6.07) is 0.172. The second-order valence-electron chi connectivity index (χ2n) is 6.60. The molecule has 1 aromatic rings. The maximum atomic E-state index is 12.7. The molecule has 1 aliphatic carbocycles. The molecule has 0 unspecified atom stereocenters. The van der Waals surface area contributed by atoms with Crippen molar-refractivity contribution in [3.8, 4) is 0 Å². The normalized spacial score (nSPS) is 17.5. The summed E-state index contributed by atoms with van der Waals surface area (Å²) in [4.78, 5) is 45.1. The number of hydrogen-bond acceptors (Lipinski definition) is 5. The Labute approximate surface area is 151 Å². The van der Waals surface area contributed by atoms with E-state index in [1.54, 1.807) is 4.90 Å². The lowest BCUT2D eigenvalue weighted by Gasteiger charge is -2.34. The minimum atomic E-state index is -0.523. The molecule has 1 aromatic heterocycles. The molecule has 0 radical (unpaired) electrons. The van der Waals surface area contributed by atoms with Crippen LogP contribution in [0.5, 0.6) is 0 Å². The topological polar surface area (TPSA) is 82.6 Å². The maximum absolute atomic E-state index is 12.7. The van der Waals surface area contributed by atoms with Gasteiger partial charge in [0.1, 0.15) is 4.88 Å². The average Bonchev–Trinajstić information content (AvgIpc) is 3.35. The highest BCUT2D eigenvalue weighted by Gasteiger charge is 2.32. The standard InChI is InChI=1S/C17H24N4O3S/c1-3-4-13-18-11(2)14(25-13)16(23)20-7-9-21(10-8-20)17(24)15(22)19-12-5-6-12/h12H,3-10H2,1-2H3,(H,19,22). The summed E-state index contributed by atoms with van der Waals surface area (Å²) in [5.74, 6) is -1.03. The smallest absolute Gasteiger partial charge is 0.312 e. The minimum Gasteiger partial charge on any atom is -0.345 e. The predicted molar refractivity (Wildman–Crippen MR) is 94.5 cm³/mol. The second-order valence-corrected chi connectivity index (χ2v) is 7.69. The summed E-state index contributed by atoms with van der Waals surface area (Å²) in [6.07, 6.45) is 3.80. The molecule has 0 aromatic carbocycles. The van der Waals surface area contributed by atoms with Gasteiger partial charge in [-0.3, -0.25) is 14.4 Å². The van der Waals surface area contributed by atoms with E-state index in [-0.39, 0.29) is 11.9 Å². The highest BCUT2D eigenvalue weighted by Crippen LogP contribution is 2.22. The lowest BCUT2D eigenvalue weighted by Crippen LogP contribution is -2.54. The number of rotatable bonds is 4. The van der Waals surface area contributed by atoms with Gasteiger partial charge in [-0.15, -0.1) is 11.3 Å². The zero-order valence-electron chi connectivity index (χ0n) is 14.7. The first-order valence-electron chi connectivity index (χ1n) is 8.85. The summed E-state index contributed by atoms with van der Waals surface area (Å²) < 4.78 is 0. The third kappa shape index (κ3) is 4.18. The van der Waals surface area contributed by atoms with Gasteiger partial charge in [-0.2, -0.15) is 0 Å². The molecule has 7 nitrogen and oxygen atoms in total. The molecule has 136 valence electrons. The van der Waals surface area contributed by atoms with Crippen LogP contribution in [0.15, 0.2) is 0 Å². The van der Waals surface area contributed by atoms with Gasteiger partial charge >= 0.3 is 11.8 Å². The van der Waals surface area contributed by atoms with Gasteiger partial charge in [0.25, 0.3) is 5.91 Å². The predicted octanol–water partition coefficient (Wildman–Crippen LogP) is 0.967. The molecule has 25 heavy (non-hydrogen) atoms. The third-order valence-corrected chi connectivity index (χ3v) is 5.67. The van der Waals surface area contributed by atoms with Crippen molar-refractivity contribution in [3.05, 3.63) is 15.6 Å². The van der Waals surface area contributed by atoms with Crippen molar-refractivity contribution in [1.82, 2.24) is 20.1 Å². The van der Waals surface area contributed by atoms with Gasteiger partial charge in [0.2, 0.25) is 0 Å². The van der Waals surface area contributed by atoms with E-state index < -0.39 is 11.8 Å². The number of carbonyl (C=O) groups excluding carboxylic acids is 3. The molecule has 2 aliphatic rings. The molecule has 0 atom stereocenters. The van der Waals surface area contributed by atoms with Gasteiger partial charge in [0.05, 0.1) is 10.7 Å². The Balaban J connectivity index is 1.55. The van der Waals surface area contributed by atoms with E-state index in [9.17, 15) is 14.4 Å². The highest BCUT2D eigenvalue weighted by molar-refractivity contribution is 7.13. The fourth-order valence-electron chi connectivity index (χ4n) is 2.85. The summed E-state index contributed by atoms with van der Waals surface area (Å²) in [6.45, 7) is 5.63. The minimum absolute atomic E-state index is 0.0214. The van der Waals surface area contributed by atoms with Crippen molar-refractivity contribution >= 4 is 29.1 Å². The summed E-state index contributed by atoms with van der Waals surface area (Å²) in [7, 11) is 0. The number of nitrogens with zero attached hydrogens (tertiary/aromatic N) is 3. The van der Waals surface area contributed by atoms with Crippen LogP contribution in [0.1, 0.15) is 46.6 Å². The molecule has 1 N–H and O–H groups in total. The first-order valence-corrected chi connectivity index (χ1v) is 9.66. The number of piperazine rings is 1. The Hall–Kier alpha value is -1.96. The SMILES string of the molecule is CCCc1nc(C)c(C(=O)N2CCN(C(=O)C(=O)NC3CC3)CC2)s1. The van der Waals surface area contributed by atoms with Crippen LogP contribution in [0, 0.1) is 6.92 Å². The Morgan fingerprint density at radius 1 is 1.16 bits per heavy atom. The molecule has 1 saturated carbocycles. The van der Waals surface area contributed by atoms with Crippen LogP contribution < -0.4 is 5.32 Å². The molecule has 2 fully saturated rings. The van der Waals surface area contributed by atoms with E-state index in [1.807, 2.05) is 6.92 Å². The fraction of sp³-hybridized carbons (Fsp3) is 0.647. The second kappa shape index (κ2) is 7.51. The number of carbonyl (C=O) groups is 3. The van der Waals surface area contributed by atoms with E-state index in [4.69, 9.17) is 0 Å². The fourth-order valence-corrected chi connectivity index (χ4v) is 3.98. The largest absolute Gasteiger partial charge is 0.345 e. The van der Waals surface area contributed by atoms with Crippen LogP contribution in [0.4, 0.5) is 0 Å². The summed E-state index contributed by atoms with van der Waals surface area (Å²) >= 11 is 1.46. The van der Waals surface area contributed by atoms with Gasteiger partial charge in [0.15, 0.2) is 0 Å². The Bertz CT molecular complexity index is 675. The van der Waals surface area contributed by atoms with Gasteiger partial charge in [-0.05, 0) is 32.6 Å². The third-order valence-electron chi connectivity index (χ3n) is 4.46. The number of amides is 3. The maximum Gasteiger partial charge on any atom is 0.312 e. The number of hydrogen-bond donors (Lipinski definition) is 1.